The number of nitrogens with two attached hydrogens (primary N) is 1. The van der Waals surface area contributed by atoms with Crippen LogP contribution in [0.4, 0.5) is 0 Å². The molecule has 0 heterocycles. The molecule has 0 aromatic rings. The first-order chi connectivity index (χ1) is 6.75. The van der Waals surface area contributed by atoms with Gasteiger partial charge in [-0.25, -0.2) is 8.42 Å². The van der Waals surface area contributed by atoms with Gasteiger partial charge in [-0.3, -0.25) is 0 Å². The number of ether oxygens (including phenoxy) is 1. The number of nitrogens with zero attached hydrogens (tertiary/aromatic N) is 1. The van der Waals surface area contributed by atoms with Crippen LogP contribution >= 0.6 is 12.2 Å². The fraction of sp³-hybridized carbons (Fsp3) is 0.875. The van der Waals surface area contributed by atoms with Crippen LogP contribution in [0.5, 0.6) is 0 Å². The van der Waals surface area contributed by atoms with Crippen LogP contribution in [-0.4, -0.2) is 49.8 Å². The normalized spacial score (nSPS) is 12.3. The molecule has 0 aliphatic rings. The van der Waals surface area contributed by atoms with Crippen LogP contribution in [0.2, 0.25) is 0 Å². The number of thiocarbonyl (C=S) groups is 1. The molecule has 2 N–H and O–H groups in total. The van der Waals surface area contributed by atoms with E-state index in [1.165, 1.54) is 7.05 Å². The van der Waals surface area contributed by atoms with E-state index < -0.39 is 10.0 Å². The highest BCUT2D eigenvalue weighted by Gasteiger charge is 2.18. The molecule has 90 valence electrons. The van der Waals surface area contributed by atoms with Crippen molar-refractivity contribution in [2.24, 2.45) is 5.73 Å². The van der Waals surface area contributed by atoms with Crippen molar-refractivity contribution in [1.82, 2.24) is 4.31 Å². The van der Waals surface area contributed by atoms with Gasteiger partial charge in [0.1, 0.15) is 0 Å². The molecule has 5 nitrogen and oxygen atoms in total. The first kappa shape index (κ1) is 14.8. The van der Waals surface area contributed by atoms with Gasteiger partial charge in [-0.1, -0.05) is 12.2 Å². The van der Waals surface area contributed by atoms with Gasteiger partial charge in [0.2, 0.25) is 10.0 Å². The second-order valence-corrected chi connectivity index (χ2v) is 6.18. The van der Waals surface area contributed by atoms with Gasteiger partial charge in [-0.05, 0) is 13.8 Å². The molecule has 0 spiro atoms. The molecule has 0 saturated carbocycles. The Morgan fingerprint density at radius 1 is 1.53 bits per heavy atom. The van der Waals surface area contributed by atoms with Crippen molar-refractivity contribution >= 4 is 27.2 Å². The van der Waals surface area contributed by atoms with Gasteiger partial charge in [-0.2, -0.15) is 4.31 Å². The van der Waals surface area contributed by atoms with Crippen LogP contribution in [0.1, 0.15) is 13.8 Å². The van der Waals surface area contributed by atoms with E-state index in [9.17, 15) is 8.42 Å². The molecule has 0 bridgehead atoms. The molecule has 0 rings (SSSR count). The summed E-state index contributed by atoms with van der Waals surface area (Å²) in [6, 6.07) is 0. The Morgan fingerprint density at radius 3 is 2.47 bits per heavy atom. The van der Waals surface area contributed by atoms with E-state index in [1.54, 1.807) is 0 Å². The fourth-order valence-electron chi connectivity index (χ4n) is 0.863. The maximum absolute atomic E-state index is 11.6. The second kappa shape index (κ2) is 6.37. The standard InChI is InChI=1S/C8H18N2O3S2/c1-7(2)13-4-5-15(11,12)10(3)6-8(9)14/h7H,4-6H2,1-3H3,(H2,9,14). The predicted octanol–water partition coefficient (Wildman–Crippen LogP) is -0.0409. The summed E-state index contributed by atoms with van der Waals surface area (Å²) in [5.74, 6) is -0.0513. The summed E-state index contributed by atoms with van der Waals surface area (Å²) >= 11 is 4.64. The molecule has 0 fully saturated rings. The molecule has 0 atom stereocenters. The molecule has 0 amide bonds. The third kappa shape index (κ3) is 6.77. The Bertz CT molecular complexity index is 301. The van der Waals surface area contributed by atoms with Gasteiger partial charge >= 0.3 is 0 Å². The lowest BCUT2D eigenvalue weighted by Crippen LogP contribution is -2.37. The maximum Gasteiger partial charge on any atom is 0.216 e. The maximum atomic E-state index is 11.6. The topological polar surface area (TPSA) is 72.6 Å². The molecule has 0 aromatic carbocycles. The molecule has 15 heavy (non-hydrogen) atoms. The smallest absolute Gasteiger partial charge is 0.216 e. The Kier molecular flexibility index (Phi) is 6.26. The average molecular weight is 254 g/mol. The quantitative estimate of drug-likeness (QED) is 0.645. The molecular weight excluding hydrogens is 236 g/mol. The SMILES string of the molecule is CC(C)OCCS(=O)(=O)N(C)CC(N)=S. The van der Waals surface area contributed by atoms with Crippen molar-refractivity contribution in [2.45, 2.75) is 20.0 Å². The summed E-state index contributed by atoms with van der Waals surface area (Å²) < 4.78 is 29.5. The van der Waals surface area contributed by atoms with E-state index in [0.717, 1.165) is 4.31 Å². The fourth-order valence-corrected chi connectivity index (χ4v) is 2.09. The van der Waals surface area contributed by atoms with Crippen molar-refractivity contribution in [3.05, 3.63) is 0 Å². The highest BCUT2D eigenvalue weighted by molar-refractivity contribution is 7.89. The van der Waals surface area contributed by atoms with Crippen LogP contribution in [0.15, 0.2) is 0 Å². The van der Waals surface area contributed by atoms with Crippen molar-refractivity contribution in [3.63, 3.8) is 0 Å². The molecule has 0 aliphatic heterocycles. The number of rotatable bonds is 7. The Hall–Kier alpha value is -0.240. The number of hydrogen-bond donors (Lipinski definition) is 1. The van der Waals surface area contributed by atoms with Crippen molar-refractivity contribution in [3.8, 4) is 0 Å². The highest BCUT2D eigenvalue weighted by atomic mass is 32.2. The molecular formula is C8H18N2O3S2. The summed E-state index contributed by atoms with van der Waals surface area (Å²) in [6.45, 7) is 3.96. The third-order valence-corrected chi connectivity index (χ3v) is 3.54. The summed E-state index contributed by atoms with van der Waals surface area (Å²) in [6.07, 6.45) is 0.0288. The summed E-state index contributed by atoms with van der Waals surface area (Å²) in [5, 5.41) is 0. The first-order valence-electron chi connectivity index (χ1n) is 4.59. The van der Waals surface area contributed by atoms with Gasteiger partial charge in [-0.15, -0.1) is 0 Å². The van der Waals surface area contributed by atoms with E-state index in [2.05, 4.69) is 12.2 Å². The zero-order valence-electron chi connectivity index (χ0n) is 9.26. The Balaban J connectivity index is 4.12. The lowest BCUT2D eigenvalue weighted by atomic mass is 10.5. The monoisotopic (exact) mass is 254 g/mol. The van der Waals surface area contributed by atoms with Crippen LogP contribution in [0.3, 0.4) is 0 Å². The average Bonchev–Trinajstić information content (AvgIpc) is 2.01. The minimum atomic E-state index is -3.31. The van der Waals surface area contributed by atoms with Gasteiger partial charge < -0.3 is 10.5 Å². The van der Waals surface area contributed by atoms with E-state index >= 15 is 0 Å². The van der Waals surface area contributed by atoms with Crippen LogP contribution in [0.25, 0.3) is 0 Å². The zero-order chi connectivity index (χ0) is 12.1. The Labute approximate surface area is 96.6 Å². The molecule has 0 saturated heterocycles. The minimum absolute atomic E-state index is 0.0288. The summed E-state index contributed by atoms with van der Waals surface area (Å²) in [7, 11) is -1.86. The molecule has 0 aliphatic carbocycles. The summed E-state index contributed by atoms with van der Waals surface area (Å²) in [5.41, 5.74) is 5.26. The van der Waals surface area contributed by atoms with E-state index in [-0.39, 0.29) is 30.0 Å². The van der Waals surface area contributed by atoms with Crippen LogP contribution in [-0.2, 0) is 14.8 Å². The predicted molar refractivity (Wildman–Crippen MR) is 64.3 cm³/mol. The van der Waals surface area contributed by atoms with Crippen molar-refractivity contribution in [2.75, 3.05) is 26.0 Å². The number of likely N-dealkylation sites (N-methyl/N-ethyl adjacent to an activating group) is 1. The van der Waals surface area contributed by atoms with Gasteiger partial charge in [0.25, 0.3) is 0 Å². The lowest BCUT2D eigenvalue weighted by Gasteiger charge is -2.16. The minimum Gasteiger partial charge on any atom is -0.392 e. The van der Waals surface area contributed by atoms with E-state index in [4.69, 9.17) is 10.5 Å². The highest BCUT2D eigenvalue weighted by Crippen LogP contribution is 1.99. The first-order valence-corrected chi connectivity index (χ1v) is 6.61. The summed E-state index contributed by atoms with van der Waals surface area (Å²) in [4.78, 5) is 0.158. The van der Waals surface area contributed by atoms with Crippen molar-refractivity contribution in [1.29, 1.82) is 0 Å². The molecule has 0 aromatic heterocycles. The van der Waals surface area contributed by atoms with Crippen LogP contribution in [0, 0.1) is 0 Å². The second-order valence-electron chi connectivity index (χ2n) is 3.46. The largest absolute Gasteiger partial charge is 0.392 e. The van der Waals surface area contributed by atoms with Gasteiger partial charge in [0.15, 0.2) is 0 Å². The third-order valence-electron chi connectivity index (χ3n) is 1.65. The Morgan fingerprint density at radius 2 is 2.07 bits per heavy atom. The number of hydrogen-bond acceptors (Lipinski definition) is 4. The van der Waals surface area contributed by atoms with Gasteiger partial charge in [0.05, 0.1) is 30.0 Å². The van der Waals surface area contributed by atoms with E-state index in [1.807, 2.05) is 13.8 Å². The lowest BCUT2D eigenvalue weighted by molar-refractivity contribution is 0.0908. The van der Waals surface area contributed by atoms with Crippen molar-refractivity contribution < 1.29 is 13.2 Å². The molecule has 0 radical (unpaired) electrons. The molecule has 7 heteroatoms. The zero-order valence-corrected chi connectivity index (χ0v) is 10.9. The van der Waals surface area contributed by atoms with Gasteiger partial charge in [0, 0.05) is 7.05 Å². The molecule has 0 unspecified atom stereocenters. The van der Waals surface area contributed by atoms with Crippen LogP contribution < -0.4 is 5.73 Å². The number of sulfonamides is 1. The van der Waals surface area contributed by atoms with E-state index in [0.29, 0.717) is 0 Å².